The number of carbonyl (C=O) groups excluding carboxylic acids is 1. The predicted octanol–water partition coefficient (Wildman–Crippen LogP) is 3.07. The Bertz CT molecular complexity index is 1040. The van der Waals surface area contributed by atoms with Crippen molar-refractivity contribution >= 4 is 34.9 Å². The monoisotopic (exact) mass is 465 g/mol. The van der Waals surface area contributed by atoms with E-state index in [1.54, 1.807) is 19.2 Å². The lowest BCUT2D eigenvalue weighted by atomic mass is 10.1. The molecule has 0 aliphatic carbocycles. The molecule has 4 N–H and O–H groups in total. The van der Waals surface area contributed by atoms with E-state index in [0.717, 1.165) is 11.1 Å². The molecule has 9 nitrogen and oxygen atoms in total. The number of para-hydroxylation sites is 1. The summed E-state index contributed by atoms with van der Waals surface area (Å²) in [4.78, 5) is 11.9. The van der Waals surface area contributed by atoms with Gasteiger partial charge in [-0.15, -0.1) is 0 Å². The highest BCUT2D eigenvalue weighted by Crippen LogP contribution is 2.32. The van der Waals surface area contributed by atoms with Gasteiger partial charge in [-0.1, -0.05) is 41.4 Å². The minimum absolute atomic E-state index is 0.0363. The van der Waals surface area contributed by atoms with E-state index in [0.29, 0.717) is 47.8 Å². The van der Waals surface area contributed by atoms with Crippen LogP contribution in [0.25, 0.3) is 0 Å². The number of aromatic nitrogens is 2. The number of halogens is 2. The van der Waals surface area contributed by atoms with Gasteiger partial charge in [-0.2, -0.15) is 0 Å². The van der Waals surface area contributed by atoms with E-state index >= 15 is 0 Å². The first-order valence-corrected chi connectivity index (χ1v) is 10.0. The van der Waals surface area contributed by atoms with E-state index in [9.17, 15) is 4.79 Å². The zero-order valence-corrected chi connectivity index (χ0v) is 18.2. The lowest BCUT2D eigenvalue weighted by Gasteiger charge is -2.16. The molecule has 0 saturated carbocycles. The lowest BCUT2D eigenvalue weighted by Crippen LogP contribution is -2.32. The number of methoxy groups -OCH3 is 1. The van der Waals surface area contributed by atoms with Gasteiger partial charge in [0.15, 0.2) is 11.5 Å². The number of carbonyl (C=O) groups is 1. The van der Waals surface area contributed by atoms with Crippen LogP contribution in [0, 0.1) is 0 Å². The van der Waals surface area contributed by atoms with Crippen LogP contribution in [0.1, 0.15) is 21.6 Å². The van der Waals surface area contributed by atoms with E-state index in [2.05, 4.69) is 25.6 Å². The van der Waals surface area contributed by atoms with E-state index in [1.165, 1.54) is 0 Å². The summed E-state index contributed by atoms with van der Waals surface area (Å²) in [6.45, 7) is 1.65. The first-order chi connectivity index (χ1) is 15.0. The maximum atomic E-state index is 11.9. The lowest BCUT2D eigenvalue weighted by molar-refractivity contribution is 0.0944. The van der Waals surface area contributed by atoms with E-state index < -0.39 is 5.91 Å². The molecule has 0 saturated heterocycles. The molecule has 2 aromatic carbocycles. The Morgan fingerprint density at radius 3 is 2.71 bits per heavy atom. The van der Waals surface area contributed by atoms with Crippen LogP contribution in [-0.2, 0) is 13.2 Å². The van der Waals surface area contributed by atoms with E-state index in [-0.39, 0.29) is 11.5 Å². The van der Waals surface area contributed by atoms with Crippen molar-refractivity contribution < 1.29 is 18.9 Å². The number of nitrogen functional groups attached to an aromatic ring is 1. The molecule has 0 radical (unpaired) electrons. The molecule has 0 unspecified atom stereocenters. The zero-order valence-electron chi connectivity index (χ0n) is 16.7. The average Bonchev–Trinajstić information content (AvgIpc) is 3.20. The molecular formula is C20H21Cl2N5O4. The summed E-state index contributed by atoms with van der Waals surface area (Å²) in [7, 11) is 1.58. The summed E-state index contributed by atoms with van der Waals surface area (Å²) in [5, 5.41) is 13.7. The highest BCUT2D eigenvalue weighted by molar-refractivity contribution is 6.42. The molecule has 31 heavy (non-hydrogen) atoms. The van der Waals surface area contributed by atoms with Gasteiger partial charge in [-0.3, -0.25) is 4.79 Å². The van der Waals surface area contributed by atoms with E-state index in [4.69, 9.17) is 38.4 Å². The van der Waals surface area contributed by atoms with Crippen LogP contribution in [0.5, 0.6) is 11.5 Å². The van der Waals surface area contributed by atoms with Crippen molar-refractivity contribution in [3.8, 4) is 11.5 Å². The Balaban J connectivity index is 1.55. The van der Waals surface area contributed by atoms with Crippen molar-refractivity contribution in [3.05, 3.63) is 63.3 Å². The van der Waals surface area contributed by atoms with Gasteiger partial charge >= 0.3 is 0 Å². The van der Waals surface area contributed by atoms with Gasteiger partial charge in [0.2, 0.25) is 11.5 Å². The second-order valence-corrected chi connectivity index (χ2v) is 7.23. The van der Waals surface area contributed by atoms with Crippen LogP contribution in [0.4, 0.5) is 5.82 Å². The number of amides is 1. The van der Waals surface area contributed by atoms with Crippen LogP contribution < -0.4 is 25.8 Å². The fourth-order valence-electron chi connectivity index (χ4n) is 2.73. The molecule has 164 valence electrons. The van der Waals surface area contributed by atoms with Crippen molar-refractivity contribution in [3.63, 3.8) is 0 Å². The number of anilines is 1. The maximum Gasteiger partial charge on any atom is 0.277 e. The normalized spacial score (nSPS) is 10.7. The second-order valence-electron chi connectivity index (χ2n) is 6.42. The Hall–Kier alpha value is -3.01. The number of ether oxygens (including phenoxy) is 2. The molecule has 0 atom stereocenters. The molecule has 0 fully saturated rings. The standard InChI is InChI=1S/C20H21Cl2N5O4/c1-29-16-4-2-3-13(18(16)30-11-12-5-6-14(21)15(22)9-12)10-24-7-8-25-20(28)17-19(23)27-31-26-17/h2-6,9,24H,7-8,10-11H2,1H3,(H2,23,27)(H,25,28). The van der Waals surface area contributed by atoms with Crippen molar-refractivity contribution in [1.82, 2.24) is 20.9 Å². The van der Waals surface area contributed by atoms with Gasteiger partial charge < -0.3 is 25.8 Å². The Morgan fingerprint density at radius 2 is 2.00 bits per heavy atom. The molecule has 0 aliphatic heterocycles. The van der Waals surface area contributed by atoms with Crippen LogP contribution in [0.2, 0.25) is 10.0 Å². The van der Waals surface area contributed by atoms with Crippen LogP contribution >= 0.6 is 23.2 Å². The summed E-state index contributed by atoms with van der Waals surface area (Å²) in [6, 6.07) is 11.0. The molecule has 3 aromatic rings. The number of nitrogens with zero attached hydrogens (tertiary/aromatic N) is 2. The average molecular weight is 466 g/mol. The minimum Gasteiger partial charge on any atom is -0.493 e. The first-order valence-electron chi connectivity index (χ1n) is 9.29. The van der Waals surface area contributed by atoms with Crippen molar-refractivity contribution in [2.75, 3.05) is 25.9 Å². The fourth-order valence-corrected chi connectivity index (χ4v) is 3.05. The maximum absolute atomic E-state index is 11.9. The summed E-state index contributed by atoms with van der Waals surface area (Å²) >= 11 is 12.0. The number of benzene rings is 2. The van der Waals surface area contributed by atoms with E-state index in [1.807, 2.05) is 24.3 Å². The second kappa shape index (κ2) is 10.9. The topological polar surface area (TPSA) is 125 Å². The zero-order chi connectivity index (χ0) is 22.2. The third kappa shape index (κ3) is 6.00. The first kappa shape index (κ1) is 22.7. The molecule has 0 bridgehead atoms. The molecule has 1 heterocycles. The number of nitrogens with one attached hydrogen (secondary N) is 2. The summed E-state index contributed by atoms with van der Waals surface area (Å²) in [5.41, 5.74) is 7.24. The third-order valence-electron chi connectivity index (χ3n) is 4.28. The van der Waals surface area contributed by atoms with Crippen LogP contribution in [0.3, 0.4) is 0 Å². The van der Waals surface area contributed by atoms with Gasteiger partial charge in [0.25, 0.3) is 5.91 Å². The van der Waals surface area contributed by atoms with Gasteiger partial charge in [0.1, 0.15) is 6.61 Å². The Labute approximate surface area is 188 Å². The molecule has 3 rings (SSSR count). The van der Waals surface area contributed by atoms with Crippen molar-refractivity contribution in [2.24, 2.45) is 0 Å². The van der Waals surface area contributed by atoms with Crippen molar-refractivity contribution in [2.45, 2.75) is 13.2 Å². The molecule has 11 heteroatoms. The number of nitrogens with two attached hydrogens (primary N) is 1. The summed E-state index contributed by atoms with van der Waals surface area (Å²) in [6.07, 6.45) is 0. The molecule has 0 aliphatic rings. The minimum atomic E-state index is -0.451. The number of rotatable bonds is 10. The van der Waals surface area contributed by atoms with Crippen molar-refractivity contribution in [1.29, 1.82) is 0 Å². The predicted molar refractivity (Wildman–Crippen MR) is 117 cm³/mol. The smallest absolute Gasteiger partial charge is 0.277 e. The quantitative estimate of drug-likeness (QED) is 0.390. The number of hydrogen-bond acceptors (Lipinski definition) is 8. The van der Waals surface area contributed by atoms with Gasteiger partial charge in [-0.05, 0) is 34.1 Å². The van der Waals surface area contributed by atoms with Gasteiger partial charge in [0, 0.05) is 25.2 Å². The summed E-state index contributed by atoms with van der Waals surface area (Å²) in [5.74, 6) is 0.730. The fraction of sp³-hybridized carbons (Fsp3) is 0.250. The summed E-state index contributed by atoms with van der Waals surface area (Å²) < 4.78 is 15.9. The van der Waals surface area contributed by atoms with Crippen LogP contribution in [-0.4, -0.2) is 36.4 Å². The largest absolute Gasteiger partial charge is 0.493 e. The molecule has 0 spiro atoms. The highest BCUT2D eigenvalue weighted by Gasteiger charge is 2.15. The van der Waals surface area contributed by atoms with Gasteiger partial charge in [0.05, 0.1) is 17.2 Å². The van der Waals surface area contributed by atoms with Crippen LogP contribution in [0.15, 0.2) is 41.0 Å². The SMILES string of the molecule is COc1cccc(CNCCNC(=O)c2nonc2N)c1OCc1ccc(Cl)c(Cl)c1. The number of hydrogen-bond donors (Lipinski definition) is 3. The Kier molecular flexibility index (Phi) is 7.94. The highest BCUT2D eigenvalue weighted by atomic mass is 35.5. The molecule has 1 amide bonds. The van der Waals surface area contributed by atoms with Gasteiger partial charge in [-0.25, -0.2) is 4.63 Å². The Morgan fingerprint density at radius 1 is 1.16 bits per heavy atom. The molecular weight excluding hydrogens is 445 g/mol. The third-order valence-corrected chi connectivity index (χ3v) is 5.02. The molecule has 1 aromatic heterocycles.